The summed E-state index contributed by atoms with van der Waals surface area (Å²) >= 11 is 0. The van der Waals surface area contributed by atoms with Crippen LogP contribution in [0.4, 0.5) is 0 Å². The Kier molecular flexibility index (Phi) is 87.6. The molecular weight excluding hydrogens is 98.0 g/mol. The third kappa shape index (κ3) is 36.6. The van der Waals surface area contributed by atoms with Crippen molar-refractivity contribution >= 4 is 48.4 Å². The van der Waals surface area contributed by atoms with Crippen molar-refractivity contribution in [2.75, 3.05) is 13.1 Å². The van der Waals surface area contributed by atoms with Gasteiger partial charge in [-0.2, -0.15) is 0 Å². The van der Waals surface area contributed by atoms with E-state index in [4.69, 9.17) is 11.5 Å². The van der Waals surface area contributed by atoms with Crippen LogP contribution in [-0.2, 0) is 0 Å². The van der Waals surface area contributed by atoms with Crippen LogP contribution in [0.25, 0.3) is 0 Å². The number of nitrogens with two attached hydrogens (primary N) is 2. The van der Waals surface area contributed by atoms with Crippen LogP contribution in [0.5, 0.6) is 0 Å². The second-order valence-corrected chi connectivity index (χ2v) is 0.577. The molecule has 0 aromatic heterocycles. The Bertz CT molecular complexity index is 17.7. The van der Waals surface area contributed by atoms with Crippen molar-refractivity contribution in [1.82, 2.24) is 0 Å². The summed E-state index contributed by atoms with van der Waals surface area (Å²) in [5, 5.41) is 0. The van der Waals surface area contributed by atoms with Crippen LogP contribution >= 0.6 is 0 Å². The molecule has 0 amide bonds. The molecule has 6 N–H and O–H groups in total. The molecule has 0 saturated carbocycles. The zero-order valence-corrected chi connectivity index (χ0v) is 3.07. The van der Waals surface area contributed by atoms with E-state index >= 15 is 0 Å². The van der Waals surface area contributed by atoms with E-state index in [1.807, 2.05) is 0 Å². The van der Waals surface area contributed by atoms with Gasteiger partial charge in [0.15, 0.2) is 0 Å². The molecule has 0 rings (SSSR count). The molecule has 0 fully saturated rings. The molecule has 0 aliphatic heterocycles. The van der Waals surface area contributed by atoms with Crippen molar-refractivity contribution in [3.05, 3.63) is 0 Å². The van der Waals surface area contributed by atoms with E-state index in [0.29, 0.717) is 13.1 Å². The number of rotatable bonds is 1. The van der Waals surface area contributed by atoms with E-state index in [1.165, 1.54) is 0 Å². The van der Waals surface area contributed by atoms with Gasteiger partial charge in [-0.1, -0.05) is 0 Å². The summed E-state index contributed by atoms with van der Waals surface area (Å²) in [5.74, 6) is 0. The minimum atomic E-state index is 0. The van der Waals surface area contributed by atoms with Gasteiger partial charge in [0, 0.05) is 13.1 Å². The van der Waals surface area contributed by atoms with Gasteiger partial charge in [0.2, 0.25) is 0 Å². The second-order valence-electron chi connectivity index (χ2n) is 0.577. The predicted molar refractivity (Wildman–Crippen MR) is 36.0 cm³/mol. The first kappa shape index (κ1) is 23.6. The summed E-state index contributed by atoms with van der Waals surface area (Å²) in [5.41, 5.74) is 9.81. The molecule has 0 aliphatic rings. The summed E-state index contributed by atoms with van der Waals surface area (Å²) in [6, 6.07) is 0. The minimum absolute atomic E-state index is 0. The number of hydrogen-bond donors (Lipinski definition) is 2. The maximum atomic E-state index is 4.90. The van der Waals surface area contributed by atoms with Crippen molar-refractivity contribution in [2.45, 2.75) is 0 Å². The van der Waals surface area contributed by atoms with Gasteiger partial charge in [0.05, 0.1) is 0 Å². The molecule has 0 atom stereocenters. The average Bonchev–Trinajstić information content (AvgIpc) is 1.37. The zero-order valence-electron chi connectivity index (χ0n) is 3.07. The molecule has 0 spiro atoms. The fourth-order valence-electron chi connectivity index (χ4n) is 0. The Morgan fingerprint density at radius 1 is 1.00 bits per heavy atom. The molecule has 0 unspecified atom stereocenters. The molecule has 0 bridgehead atoms. The molecule has 0 saturated heterocycles. The molecular formula is C2H12LiN2NaO. The maximum absolute atomic E-state index is 4.90. The van der Waals surface area contributed by atoms with E-state index in [0.717, 1.165) is 0 Å². The van der Waals surface area contributed by atoms with Crippen LogP contribution in [0.2, 0.25) is 0 Å². The zero-order chi connectivity index (χ0) is 3.41. The van der Waals surface area contributed by atoms with E-state index in [9.17, 15) is 0 Å². The molecule has 0 heterocycles. The third-order valence-electron chi connectivity index (χ3n) is 0.167. The summed E-state index contributed by atoms with van der Waals surface area (Å²) in [4.78, 5) is 0. The van der Waals surface area contributed by atoms with Gasteiger partial charge in [-0.3, -0.25) is 0 Å². The standard InChI is InChI=1S/C2H8N2.Li.Na.H2O.2H/c3-1-2-4;;;;;/h1-4H2;;;1H2;;. The van der Waals surface area contributed by atoms with E-state index in [2.05, 4.69) is 0 Å². The molecule has 3 nitrogen and oxygen atoms in total. The van der Waals surface area contributed by atoms with Gasteiger partial charge in [0.1, 0.15) is 0 Å². The Morgan fingerprint density at radius 2 is 1.14 bits per heavy atom. The summed E-state index contributed by atoms with van der Waals surface area (Å²) in [6.07, 6.45) is 0. The molecule has 0 aromatic carbocycles. The third-order valence-corrected chi connectivity index (χ3v) is 0.167. The molecule has 0 aromatic rings. The first-order valence-corrected chi connectivity index (χ1v) is 1.32. The molecule has 5 heteroatoms. The molecule has 38 valence electrons. The Labute approximate surface area is 78.0 Å². The van der Waals surface area contributed by atoms with Crippen molar-refractivity contribution < 1.29 is 5.48 Å². The monoisotopic (exact) mass is 110 g/mol. The van der Waals surface area contributed by atoms with Gasteiger partial charge in [-0.15, -0.1) is 0 Å². The first-order valence-electron chi connectivity index (χ1n) is 1.32. The van der Waals surface area contributed by atoms with Crippen molar-refractivity contribution in [3.63, 3.8) is 0 Å². The molecule has 0 aliphatic carbocycles. The second kappa shape index (κ2) is 25.9. The summed E-state index contributed by atoms with van der Waals surface area (Å²) in [6.45, 7) is 1.19. The van der Waals surface area contributed by atoms with Crippen LogP contribution < -0.4 is 11.5 Å². The van der Waals surface area contributed by atoms with Gasteiger partial charge < -0.3 is 16.9 Å². The first-order chi connectivity index (χ1) is 1.91. The topological polar surface area (TPSA) is 83.5 Å². The van der Waals surface area contributed by atoms with E-state index in [1.54, 1.807) is 0 Å². The number of hydrogen-bond acceptors (Lipinski definition) is 2. The Balaban J connectivity index is -0.0000000150. The Morgan fingerprint density at radius 3 is 1.14 bits per heavy atom. The Hall–Kier alpha value is 1.48. The van der Waals surface area contributed by atoms with Crippen LogP contribution in [-0.4, -0.2) is 67.0 Å². The average molecular weight is 110 g/mol. The SMILES string of the molecule is NCCN.O.[LiH].[NaH]. The molecule has 0 radical (unpaired) electrons. The van der Waals surface area contributed by atoms with Crippen LogP contribution in [0.15, 0.2) is 0 Å². The van der Waals surface area contributed by atoms with E-state index < -0.39 is 0 Å². The van der Waals surface area contributed by atoms with Crippen LogP contribution in [0, 0.1) is 0 Å². The fraction of sp³-hybridized carbons (Fsp3) is 1.00. The van der Waals surface area contributed by atoms with Gasteiger partial charge in [0.25, 0.3) is 0 Å². The van der Waals surface area contributed by atoms with Gasteiger partial charge in [-0.05, 0) is 0 Å². The van der Waals surface area contributed by atoms with Crippen LogP contribution in [0.1, 0.15) is 0 Å². The normalized spacial score (nSPS) is 4.29. The fourth-order valence-corrected chi connectivity index (χ4v) is 0. The quantitative estimate of drug-likeness (QED) is 0.348. The van der Waals surface area contributed by atoms with Gasteiger partial charge in [-0.25, -0.2) is 0 Å². The summed E-state index contributed by atoms with van der Waals surface area (Å²) in [7, 11) is 0. The van der Waals surface area contributed by atoms with Crippen molar-refractivity contribution in [2.24, 2.45) is 11.5 Å². The van der Waals surface area contributed by atoms with Crippen LogP contribution in [0.3, 0.4) is 0 Å². The predicted octanol–water partition coefficient (Wildman–Crippen LogP) is -3.22. The van der Waals surface area contributed by atoms with E-state index in [-0.39, 0.29) is 53.9 Å². The molecule has 7 heavy (non-hydrogen) atoms. The summed E-state index contributed by atoms with van der Waals surface area (Å²) < 4.78 is 0. The van der Waals surface area contributed by atoms with Crippen molar-refractivity contribution in [3.8, 4) is 0 Å². The van der Waals surface area contributed by atoms with Gasteiger partial charge >= 0.3 is 48.4 Å². The van der Waals surface area contributed by atoms with Crippen molar-refractivity contribution in [1.29, 1.82) is 0 Å².